The molecule has 0 aromatic heterocycles. The van der Waals surface area contributed by atoms with Crippen molar-refractivity contribution in [3.05, 3.63) is 121 Å². The Balaban J connectivity index is 1.53. The van der Waals surface area contributed by atoms with Gasteiger partial charge in [0.2, 0.25) is 0 Å². The Hall–Kier alpha value is -7.10. The second-order valence-corrected chi connectivity index (χ2v) is 12.4. The number of amides is 4. The molecule has 2 unspecified atom stereocenters. The van der Waals surface area contributed by atoms with Crippen LogP contribution in [0.25, 0.3) is 0 Å². The molecule has 4 rings (SSSR count). The SMILES string of the molecule is O=C(NCCCC(CCC(CCCNC(=O)Oc1ccccc1)(NC(=O)Oc1ccccc1)C(=O)O)(NC(=O)Oc1ccccc1)C(=O)O)Oc1ccccc1. The second kappa shape index (κ2) is 21.0. The number of carboxylic acids is 2. The Morgan fingerprint density at radius 1 is 0.411 bits per heavy atom. The van der Waals surface area contributed by atoms with Crippen LogP contribution in [0.4, 0.5) is 19.2 Å². The maximum absolute atomic E-state index is 13.2. The van der Waals surface area contributed by atoms with E-state index in [1.807, 2.05) is 0 Å². The number of aliphatic carboxylic acids is 2. The number of ether oxygens (including phenoxy) is 4. The molecule has 0 saturated heterocycles. The van der Waals surface area contributed by atoms with Gasteiger partial charge in [0, 0.05) is 13.1 Å². The van der Waals surface area contributed by atoms with Crippen LogP contribution in [0.3, 0.4) is 0 Å². The lowest BCUT2D eigenvalue weighted by atomic mass is 9.80. The van der Waals surface area contributed by atoms with Crippen LogP contribution in [0.15, 0.2) is 121 Å². The average Bonchev–Trinajstić information content (AvgIpc) is 3.18. The minimum Gasteiger partial charge on any atom is -0.480 e. The van der Waals surface area contributed by atoms with Crippen molar-refractivity contribution < 1.29 is 57.9 Å². The summed E-state index contributed by atoms with van der Waals surface area (Å²) in [5.41, 5.74) is -4.36. The highest BCUT2D eigenvalue weighted by atomic mass is 16.6. The third-order valence-corrected chi connectivity index (χ3v) is 8.39. The minimum atomic E-state index is -2.18. The van der Waals surface area contributed by atoms with Crippen molar-refractivity contribution in [2.24, 2.45) is 0 Å². The zero-order valence-corrected chi connectivity index (χ0v) is 30.2. The standard InChI is InChI=1S/C40H42N4O12/c45-33(46)39(43-37(51)55-31-19-9-3-10-20-31,23-13-27-41-35(49)53-29-15-5-1-6-16-29)25-26-40(34(47)48,44-38(52)56-32-21-11-4-12-22-32)24-14-28-42-36(50)54-30-17-7-2-8-18-30/h1-12,15-22H,13-14,23-28H2,(H,41,49)(H,42,50)(H,43,51)(H,44,52)(H,45,46)(H,47,48). The van der Waals surface area contributed by atoms with E-state index in [-0.39, 0.29) is 61.8 Å². The van der Waals surface area contributed by atoms with Crippen molar-refractivity contribution in [3.63, 3.8) is 0 Å². The number of hydrogen-bond donors (Lipinski definition) is 6. The highest BCUT2D eigenvalue weighted by Crippen LogP contribution is 2.29. The number of benzene rings is 4. The van der Waals surface area contributed by atoms with Crippen molar-refractivity contribution in [1.82, 2.24) is 21.3 Å². The third kappa shape index (κ3) is 13.4. The smallest absolute Gasteiger partial charge is 0.413 e. The van der Waals surface area contributed by atoms with Crippen LogP contribution in [0, 0.1) is 0 Å². The summed E-state index contributed by atoms with van der Waals surface area (Å²) in [5, 5.41) is 31.1. The molecular formula is C40H42N4O12. The summed E-state index contributed by atoms with van der Waals surface area (Å²) in [5.74, 6) is -2.29. The number of para-hydroxylation sites is 4. The van der Waals surface area contributed by atoms with Crippen molar-refractivity contribution in [2.45, 2.75) is 49.6 Å². The topological polar surface area (TPSA) is 228 Å². The monoisotopic (exact) mass is 770 g/mol. The maximum Gasteiger partial charge on any atom is 0.413 e. The highest BCUT2D eigenvalue weighted by Gasteiger charge is 2.47. The summed E-state index contributed by atoms with van der Waals surface area (Å²) in [4.78, 5) is 77.3. The quantitative estimate of drug-likeness (QED) is 0.0592. The van der Waals surface area contributed by atoms with Crippen molar-refractivity contribution >= 4 is 36.3 Å². The molecule has 4 amide bonds. The molecule has 0 radical (unpaired) electrons. The van der Waals surface area contributed by atoms with Gasteiger partial charge in [-0.3, -0.25) is 0 Å². The number of carbonyl (C=O) groups is 6. The number of nitrogens with one attached hydrogen (secondary N) is 4. The third-order valence-electron chi connectivity index (χ3n) is 8.39. The van der Waals surface area contributed by atoms with E-state index in [4.69, 9.17) is 18.9 Å². The lowest BCUT2D eigenvalue weighted by molar-refractivity contribution is -0.149. The van der Waals surface area contributed by atoms with Gasteiger partial charge in [-0.1, -0.05) is 72.8 Å². The lowest BCUT2D eigenvalue weighted by Gasteiger charge is -2.36. The number of hydrogen-bond acceptors (Lipinski definition) is 10. The van der Waals surface area contributed by atoms with Gasteiger partial charge in [0.05, 0.1) is 0 Å². The van der Waals surface area contributed by atoms with Gasteiger partial charge in [0.15, 0.2) is 0 Å². The summed E-state index contributed by atoms with van der Waals surface area (Å²) in [6, 6.07) is 32.2. The van der Waals surface area contributed by atoms with E-state index in [2.05, 4.69) is 21.3 Å². The minimum absolute atomic E-state index is 0.0290. The number of carbonyl (C=O) groups excluding carboxylic acids is 4. The van der Waals surface area contributed by atoms with Crippen LogP contribution in [0.5, 0.6) is 23.0 Å². The summed E-state index contributed by atoms with van der Waals surface area (Å²) < 4.78 is 21.1. The first-order chi connectivity index (χ1) is 27.0. The zero-order valence-electron chi connectivity index (χ0n) is 30.2. The first kappa shape index (κ1) is 41.7. The molecule has 0 bridgehead atoms. The molecule has 16 heteroatoms. The van der Waals surface area contributed by atoms with Gasteiger partial charge >= 0.3 is 36.3 Å². The summed E-state index contributed by atoms with van der Waals surface area (Å²) in [6.07, 6.45) is -5.71. The van der Waals surface area contributed by atoms with E-state index in [0.29, 0.717) is 0 Å². The molecule has 0 heterocycles. The van der Waals surface area contributed by atoms with Crippen molar-refractivity contribution in [1.29, 1.82) is 0 Å². The molecule has 294 valence electrons. The Kier molecular flexibility index (Phi) is 15.6. The Morgan fingerprint density at radius 2 is 0.679 bits per heavy atom. The van der Waals surface area contributed by atoms with Crippen molar-refractivity contribution in [2.75, 3.05) is 13.1 Å². The molecule has 4 aromatic rings. The fourth-order valence-electron chi connectivity index (χ4n) is 5.52. The molecule has 4 aromatic carbocycles. The zero-order chi connectivity index (χ0) is 40.2. The van der Waals surface area contributed by atoms with E-state index in [0.717, 1.165) is 0 Å². The van der Waals surface area contributed by atoms with Gasteiger partial charge < -0.3 is 50.4 Å². The van der Waals surface area contributed by atoms with Gasteiger partial charge in [-0.15, -0.1) is 0 Å². The number of carboxylic acid groups (broad SMARTS) is 2. The van der Waals surface area contributed by atoms with Gasteiger partial charge in [0.1, 0.15) is 34.1 Å². The first-order valence-corrected chi connectivity index (χ1v) is 17.6. The van der Waals surface area contributed by atoms with E-state index >= 15 is 0 Å². The van der Waals surface area contributed by atoms with Gasteiger partial charge in [-0.25, -0.2) is 28.8 Å². The van der Waals surface area contributed by atoms with Gasteiger partial charge in [-0.05, 0) is 87.1 Å². The molecule has 0 aliphatic rings. The predicted molar refractivity (Wildman–Crippen MR) is 201 cm³/mol. The van der Waals surface area contributed by atoms with Gasteiger partial charge in [-0.2, -0.15) is 0 Å². The Morgan fingerprint density at radius 3 is 0.946 bits per heavy atom. The summed E-state index contributed by atoms with van der Waals surface area (Å²) in [6.45, 7) is -0.181. The fourth-order valence-corrected chi connectivity index (χ4v) is 5.52. The first-order valence-electron chi connectivity index (χ1n) is 17.6. The lowest BCUT2D eigenvalue weighted by Crippen LogP contribution is -2.60. The van der Waals surface area contributed by atoms with Crippen molar-refractivity contribution in [3.8, 4) is 23.0 Å². The van der Waals surface area contributed by atoms with E-state index < -0.39 is 60.2 Å². The molecule has 0 spiro atoms. The molecule has 2 atom stereocenters. The van der Waals surface area contributed by atoms with E-state index in [1.165, 1.54) is 24.3 Å². The summed E-state index contributed by atoms with van der Waals surface area (Å²) in [7, 11) is 0. The Labute approximate surface area is 322 Å². The number of rotatable bonds is 19. The molecule has 0 aliphatic carbocycles. The fraction of sp³-hybridized carbons (Fsp3) is 0.250. The predicted octanol–water partition coefficient (Wildman–Crippen LogP) is 6.13. The van der Waals surface area contributed by atoms with Crippen LogP contribution in [-0.4, -0.2) is 70.7 Å². The van der Waals surface area contributed by atoms with E-state index in [9.17, 15) is 39.0 Å². The van der Waals surface area contributed by atoms with Crippen LogP contribution < -0.4 is 40.2 Å². The maximum atomic E-state index is 13.2. The van der Waals surface area contributed by atoms with Crippen LogP contribution in [0.2, 0.25) is 0 Å². The molecular weight excluding hydrogens is 728 g/mol. The molecule has 6 N–H and O–H groups in total. The average molecular weight is 771 g/mol. The van der Waals surface area contributed by atoms with Crippen LogP contribution >= 0.6 is 0 Å². The van der Waals surface area contributed by atoms with E-state index in [1.54, 1.807) is 97.1 Å². The Bertz CT molecular complexity index is 1760. The molecule has 56 heavy (non-hydrogen) atoms. The second-order valence-electron chi connectivity index (χ2n) is 12.4. The molecule has 0 saturated carbocycles. The highest BCUT2D eigenvalue weighted by molar-refractivity contribution is 5.87. The molecule has 16 nitrogen and oxygen atoms in total. The summed E-state index contributed by atoms with van der Waals surface area (Å²) >= 11 is 0. The largest absolute Gasteiger partial charge is 0.480 e. The molecule has 0 fully saturated rings. The molecule has 0 aliphatic heterocycles. The van der Waals surface area contributed by atoms with Crippen LogP contribution in [0.1, 0.15) is 38.5 Å². The van der Waals surface area contributed by atoms with Gasteiger partial charge in [0.25, 0.3) is 0 Å². The normalized spacial score (nSPS) is 12.6. The van der Waals surface area contributed by atoms with Crippen LogP contribution in [-0.2, 0) is 9.59 Å².